The molecule has 0 atom stereocenters. The zero-order valence-electron chi connectivity index (χ0n) is 43.9. The number of anilines is 10. The van der Waals surface area contributed by atoms with E-state index in [4.69, 9.17) is 0 Å². The molecule has 0 aliphatic heterocycles. The van der Waals surface area contributed by atoms with E-state index in [9.17, 15) is 0 Å². The van der Waals surface area contributed by atoms with Gasteiger partial charge in [0, 0.05) is 56.9 Å². The first-order valence-corrected chi connectivity index (χ1v) is 27.3. The van der Waals surface area contributed by atoms with E-state index in [2.05, 4.69) is 336 Å². The zero-order chi connectivity index (χ0) is 53.2. The lowest BCUT2D eigenvalue weighted by Gasteiger charge is -2.26. The highest BCUT2D eigenvalue weighted by atomic mass is 15.1. The third kappa shape index (κ3) is 9.42. The van der Waals surface area contributed by atoms with Crippen molar-refractivity contribution >= 4 is 100.0 Å². The maximum Gasteiger partial charge on any atom is 0.0468 e. The van der Waals surface area contributed by atoms with Crippen LogP contribution in [0.1, 0.15) is 0 Å². The maximum absolute atomic E-state index is 3.82. The summed E-state index contributed by atoms with van der Waals surface area (Å²) in [5.74, 6) is 0. The summed E-state index contributed by atoms with van der Waals surface area (Å²) in [5.41, 5.74) is 17.5. The van der Waals surface area contributed by atoms with E-state index >= 15 is 0 Å². The average Bonchev–Trinajstić information content (AvgIpc) is 3.67. The van der Waals surface area contributed by atoms with Crippen LogP contribution in [0.2, 0.25) is 0 Å². The van der Waals surface area contributed by atoms with Crippen LogP contribution in [0.15, 0.2) is 315 Å². The van der Waals surface area contributed by atoms with Gasteiger partial charge in [-0.2, -0.15) is 0 Å². The molecule has 378 valence electrons. The number of nitrogens with zero attached hydrogens (tertiary/aromatic N) is 2. The van der Waals surface area contributed by atoms with Crippen molar-refractivity contribution in [1.82, 2.24) is 0 Å². The lowest BCUT2D eigenvalue weighted by atomic mass is 9.86. The summed E-state index contributed by atoms with van der Waals surface area (Å²) in [6.45, 7) is 0. The first-order chi connectivity index (χ1) is 39.6. The maximum atomic E-state index is 3.82. The number of rotatable bonds is 13. The monoisotopic (exact) mass is 1020 g/mol. The number of para-hydroxylation sites is 2. The third-order valence-corrected chi connectivity index (χ3v) is 15.3. The third-order valence-electron chi connectivity index (χ3n) is 15.3. The summed E-state index contributed by atoms with van der Waals surface area (Å²) in [5, 5.41) is 17.3. The molecule has 0 aromatic heterocycles. The summed E-state index contributed by atoms with van der Waals surface area (Å²) < 4.78 is 0. The van der Waals surface area contributed by atoms with Crippen molar-refractivity contribution in [3.8, 4) is 33.4 Å². The summed E-state index contributed by atoms with van der Waals surface area (Å²) >= 11 is 0. The van der Waals surface area contributed by atoms with E-state index < -0.39 is 0 Å². The van der Waals surface area contributed by atoms with Gasteiger partial charge in [-0.3, -0.25) is 0 Å². The van der Waals surface area contributed by atoms with Gasteiger partial charge in [0.05, 0.1) is 0 Å². The first kappa shape index (κ1) is 47.7. The summed E-state index contributed by atoms with van der Waals surface area (Å²) in [6, 6.07) is 114. The van der Waals surface area contributed by atoms with Crippen LogP contribution in [0, 0.1) is 0 Å². The van der Waals surface area contributed by atoms with Gasteiger partial charge in [0.1, 0.15) is 0 Å². The molecule has 0 saturated carbocycles. The largest absolute Gasteiger partial charge is 0.356 e. The average molecular weight is 1020 g/mol. The Morgan fingerprint density at radius 1 is 0.175 bits per heavy atom. The minimum absolute atomic E-state index is 0.998. The van der Waals surface area contributed by atoms with E-state index in [0.29, 0.717) is 0 Å². The zero-order valence-corrected chi connectivity index (χ0v) is 43.9. The molecule has 14 rings (SSSR count). The Labute approximate surface area is 466 Å². The molecule has 2 N–H and O–H groups in total. The highest BCUT2D eigenvalue weighted by molar-refractivity contribution is 6.06. The lowest BCUT2D eigenvalue weighted by molar-refractivity contribution is 1.29. The van der Waals surface area contributed by atoms with Crippen LogP contribution in [0.4, 0.5) is 56.9 Å². The minimum atomic E-state index is 0.998. The Morgan fingerprint density at radius 3 is 0.925 bits per heavy atom. The molecule has 4 heteroatoms. The van der Waals surface area contributed by atoms with Gasteiger partial charge in [-0.25, -0.2) is 0 Å². The molecular weight excluding hydrogens is 969 g/mol. The molecule has 14 aromatic carbocycles. The minimum Gasteiger partial charge on any atom is -0.356 e. The number of hydrogen-bond donors (Lipinski definition) is 2. The van der Waals surface area contributed by atoms with Gasteiger partial charge in [0.15, 0.2) is 0 Å². The van der Waals surface area contributed by atoms with Gasteiger partial charge < -0.3 is 20.4 Å². The fourth-order valence-electron chi connectivity index (χ4n) is 11.5. The molecular formula is C76H54N4. The Balaban J connectivity index is 0.840. The van der Waals surface area contributed by atoms with Crippen LogP contribution in [-0.2, 0) is 0 Å². The topological polar surface area (TPSA) is 30.5 Å². The van der Waals surface area contributed by atoms with Crippen molar-refractivity contribution in [3.63, 3.8) is 0 Å². The van der Waals surface area contributed by atoms with Crippen LogP contribution in [0.3, 0.4) is 0 Å². The van der Waals surface area contributed by atoms with Crippen LogP contribution < -0.4 is 20.4 Å². The van der Waals surface area contributed by atoms with Gasteiger partial charge in [0.25, 0.3) is 0 Å². The van der Waals surface area contributed by atoms with Gasteiger partial charge >= 0.3 is 0 Å². The standard InChI is InChI=1S/C76H54N4/c1-3-25-63(26-4-1)79(67-41-33-53-17-7-9-21-57(53)49-67)65-43-35-59(36-44-65)77-61-39-47-73(75(51-61)71-31-15-23-55-19-11-13-29-69(55)71)74-48-40-62(52-76(74)72-32-16-24-56-20-12-14-30-70(56)72)78-60-37-45-66(46-38-60)80(64-27-5-2-6-28-64)68-42-34-54-18-8-10-22-58(54)50-68/h1-52,77-78H. The highest BCUT2D eigenvalue weighted by Gasteiger charge is 2.20. The Morgan fingerprint density at radius 2 is 0.500 bits per heavy atom. The fourth-order valence-corrected chi connectivity index (χ4v) is 11.5. The van der Waals surface area contributed by atoms with Gasteiger partial charge in [-0.1, -0.05) is 194 Å². The van der Waals surface area contributed by atoms with Crippen LogP contribution in [0.5, 0.6) is 0 Å². The molecule has 14 aromatic rings. The Hall–Kier alpha value is -10.7. The summed E-state index contributed by atoms with van der Waals surface area (Å²) in [4.78, 5) is 4.64. The van der Waals surface area contributed by atoms with Crippen LogP contribution in [-0.4, -0.2) is 0 Å². The summed E-state index contributed by atoms with van der Waals surface area (Å²) in [6.07, 6.45) is 0. The molecule has 0 aliphatic carbocycles. The van der Waals surface area contributed by atoms with Gasteiger partial charge in [0.2, 0.25) is 0 Å². The number of nitrogens with one attached hydrogen (secondary N) is 2. The quantitative estimate of drug-likeness (QED) is 0.120. The molecule has 0 radical (unpaired) electrons. The predicted octanol–water partition coefficient (Wildman–Crippen LogP) is 21.7. The second-order valence-electron chi connectivity index (χ2n) is 20.3. The highest BCUT2D eigenvalue weighted by Crippen LogP contribution is 2.46. The lowest BCUT2D eigenvalue weighted by Crippen LogP contribution is -2.09. The number of fused-ring (bicyclic) bond motifs is 4. The van der Waals surface area contributed by atoms with Crippen molar-refractivity contribution in [1.29, 1.82) is 0 Å². The molecule has 0 fully saturated rings. The van der Waals surface area contributed by atoms with Gasteiger partial charge in [-0.05, 0) is 198 Å². The van der Waals surface area contributed by atoms with E-state index in [1.54, 1.807) is 0 Å². The second kappa shape index (κ2) is 21.0. The molecule has 0 aliphatic rings. The molecule has 0 saturated heterocycles. The summed E-state index contributed by atoms with van der Waals surface area (Å²) in [7, 11) is 0. The molecule has 0 heterocycles. The van der Waals surface area contributed by atoms with E-state index in [1.165, 1.54) is 54.2 Å². The molecule has 0 amide bonds. The molecule has 0 bridgehead atoms. The van der Waals surface area contributed by atoms with Crippen LogP contribution >= 0.6 is 0 Å². The van der Waals surface area contributed by atoms with E-state index in [0.717, 1.165) is 79.1 Å². The van der Waals surface area contributed by atoms with E-state index in [-0.39, 0.29) is 0 Å². The SMILES string of the molecule is c1ccc(N(c2ccc(Nc3ccc(-c4ccc(Nc5ccc(N(c6ccccc6)c6ccc7ccccc7c6)cc5)cc4-c4cccc5ccccc45)c(-c4cccc5ccccc45)c3)cc2)c2ccc3ccccc3c2)cc1. The Kier molecular flexibility index (Phi) is 12.6. The normalized spacial score (nSPS) is 11.2. The van der Waals surface area contributed by atoms with Crippen molar-refractivity contribution in [2.24, 2.45) is 0 Å². The van der Waals surface area contributed by atoms with Crippen molar-refractivity contribution < 1.29 is 0 Å². The van der Waals surface area contributed by atoms with Crippen molar-refractivity contribution in [2.45, 2.75) is 0 Å². The molecule has 4 nitrogen and oxygen atoms in total. The molecule has 0 unspecified atom stereocenters. The molecule has 80 heavy (non-hydrogen) atoms. The molecule has 0 spiro atoms. The number of hydrogen-bond acceptors (Lipinski definition) is 4. The second-order valence-corrected chi connectivity index (χ2v) is 20.3. The van der Waals surface area contributed by atoms with Crippen LogP contribution in [0.25, 0.3) is 76.5 Å². The van der Waals surface area contributed by atoms with Gasteiger partial charge in [-0.15, -0.1) is 0 Å². The number of benzene rings is 14. The first-order valence-electron chi connectivity index (χ1n) is 27.3. The fraction of sp³-hybridized carbons (Fsp3) is 0. The van der Waals surface area contributed by atoms with Crippen molar-refractivity contribution in [3.05, 3.63) is 315 Å². The van der Waals surface area contributed by atoms with Crippen molar-refractivity contribution in [2.75, 3.05) is 20.4 Å². The smallest absolute Gasteiger partial charge is 0.0468 e. The predicted molar refractivity (Wildman–Crippen MR) is 342 cm³/mol. The Bertz CT molecular complexity index is 4230. The van der Waals surface area contributed by atoms with E-state index in [1.807, 2.05) is 0 Å².